The van der Waals surface area contributed by atoms with E-state index in [9.17, 15) is 4.79 Å². The van der Waals surface area contributed by atoms with E-state index in [0.29, 0.717) is 18.1 Å². The molecule has 2 rings (SSSR count). The molecule has 2 aliphatic rings. The summed E-state index contributed by atoms with van der Waals surface area (Å²) in [6.07, 6.45) is 4.10. The molecule has 1 atom stereocenters. The molecule has 1 heterocycles. The SMILES string of the molecule is C[C@H]1COC(=O)C2(CCC(C(C)(C)C)CC2)N1. The van der Waals surface area contributed by atoms with Gasteiger partial charge >= 0.3 is 5.97 Å². The third kappa shape index (κ3) is 2.49. The number of carbonyl (C=O) groups is 1. The molecule has 17 heavy (non-hydrogen) atoms. The lowest BCUT2D eigenvalue weighted by Gasteiger charge is -2.46. The molecule has 0 aromatic rings. The highest BCUT2D eigenvalue weighted by molar-refractivity contribution is 5.81. The summed E-state index contributed by atoms with van der Waals surface area (Å²) in [7, 11) is 0. The fourth-order valence-corrected chi connectivity index (χ4v) is 3.24. The van der Waals surface area contributed by atoms with Crippen molar-refractivity contribution in [2.24, 2.45) is 11.3 Å². The molecule has 2 fully saturated rings. The molecular weight excluding hydrogens is 214 g/mol. The predicted octanol–water partition coefficient (Wildman–Crippen LogP) is 2.50. The highest BCUT2D eigenvalue weighted by Crippen LogP contribution is 2.42. The maximum absolute atomic E-state index is 12.0. The molecule has 0 amide bonds. The van der Waals surface area contributed by atoms with Crippen molar-refractivity contribution in [3.05, 3.63) is 0 Å². The number of cyclic esters (lactones) is 1. The van der Waals surface area contributed by atoms with Gasteiger partial charge in [0.2, 0.25) is 0 Å². The second-order valence-corrected chi connectivity index (χ2v) is 6.87. The van der Waals surface area contributed by atoms with Gasteiger partial charge in [-0.3, -0.25) is 10.1 Å². The first kappa shape index (κ1) is 12.9. The zero-order valence-corrected chi connectivity index (χ0v) is 11.5. The molecule has 1 saturated heterocycles. The lowest BCUT2D eigenvalue weighted by Crippen LogP contribution is -2.62. The normalized spacial score (nSPS) is 39.2. The summed E-state index contributed by atoms with van der Waals surface area (Å²) in [6.45, 7) is 9.49. The van der Waals surface area contributed by atoms with Gasteiger partial charge in [-0.2, -0.15) is 0 Å². The van der Waals surface area contributed by atoms with Crippen LogP contribution in [-0.2, 0) is 9.53 Å². The van der Waals surface area contributed by atoms with Crippen molar-refractivity contribution in [2.75, 3.05) is 6.61 Å². The van der Waals surface area contributed by atoms with Crippen LogP contribution in [0.25, 0.3) is 0 Å². The van der Waals surface area contributed by atoms with E-state index >= 15 is 0 Å². The monoisotopic (exact) mass is 239 g/mol. The maximum atomic E-state index is 12.0. The van der Waals surface area contributed by atoms with Crippen molar-refractivity contribution in [1.82, 2.24) is 5.32 Å². The highest BCUT2D eigenvalue weighted by Gasteiger charge is 2.47. The molecule has 1 aliphatic carbocycles. The molecule has 1 spiro atoms. The van der Waals surface area contributed by atoms with E-state index in [2.05, 4.69) is 33.0 Å². The summed E-state index contributed by atoms with van der Waals surface area (Å²) < 4.78 is 5.30. The molecule has 0 aromatic heterocycles. The molecule has 1 N–H and O–H groups in total. The van der Waals surface area contributed by atoms with Crippen LogP contribution in [0.4, 0.5) is 0 Å². The van der Waals surface area contributed by atoms with Crippen molar-refractivity contribution in [3.8, 4) is 0 Å². The van der Waals surface area contributed by atoms with E-state index in [0.717, 1.165) is 31.6 Å². The third-order valence-corrected chi connectivity index (χ3v) is 4.44. The van der Waals surface area contributed by atoms with Gasteiger partial charge in [-0.05, 0) is 43.9 Å². The van der Waals surface area contributed by atoms with E-state index in [1.807, 2.05) is 0 Å². The van der Waals surface area contributed by atoms with Crippen molar-refractivity contribution in [2.45, 2.75) is 65.0 Å². The largest absolute Gasteiger partial charge is 0.463 e. The number of carbonyl (C=O) groups excluding carboxylic acids is 1. The number of esters is 1. The lowest BCUT2D eigenvalue weighted by molar-refractivity contribution is -0.161. The Morgan fingerprint density at radius 2 is 1.88 bits per heavy atom. The van der Waals surface area contributed by atoms with Gasteiger partial charge in [0.05, 0.1) is 0 Å². The van der Waals surface area contributed by atoms with E-state index in [1.165, 1.54) is 0 Å². The van der Waals surface area contributed by atoms with E-state index < -0.39 is 0 Å². The summed E-state index contributed by atoms with van der Waals surface area (Å²) >= 11 is 0. The summed E-state index contributed by atoms with van der Waals surface area (Å²) in [5, 5.41) is 3.48. The second-order valence-electron chi connectivity index (χ2n) is 6.87. The Balaban J connectivity index is 2.04. The first-order valence-electron chi connectivity index (χ1n) is 6.78. The summed E-state index contributed by atoms with van der Waals surface area (Å²) in [4.78, 5) is 12.0. The van der Waals surface area contributed by atoms with Crippen molar-refractivity contribution < 1.29 is 9.53 Å². The van der Waals surface area contributed by atoms with Crippen LogP contribution in [0.2, 0.25) is 0 Å². The molecule has 0 aromatic carbocycles. The number of rotatable bonds is 0. The van der Waals surface area contributed by atoms with Crippen LogP contribution in [0.3, 0.4) is 0 Å². The Hall–Kier alpha value is -0.570. The van der Waals surface area contributed by atoms with Gasteiger partial charge in [0.1, 0.15) is 12.1 Å². The minimum absolute atomic E-state index is 0.0250. The van der Waals surface area contributed by atoms with Gasteiger partial charge in [-0.1, -0.05) is 20.8 Å². The van der Waals surface area contributed by atoms with E-state index in [1.54, 1.807) is 0 Å². The second kappa shape index (κ2) is 4.27. The van der Waals surface area contributed by atoms with Gasteiger partial charge in [-0.25, -0.2) is 0 Å². The topological polar surface area (TPSA) is 38.3 Å². The van der Waals surface area contributed by atoms with Crippen LogP contribution in [0, 0.1) is 11.3 Å². The van der Waals surface area contributed by atoms with Crippen molar-refractivity contribution >= 4 is 5.97 Å². The Kier molecular flexibility index (Phi) is 3.23. The molecule has 1 saturated carbocycles. The Bertz CT molecular complexity index is 298. The minimum atomic E-state index is -0.376. The predicted molar refractivity (Wildman–Crippen MR) is 67.7 cm³/mol. The van der Waals surface area contributed by atoms with Gasteiger partial charge < -0.3 is 4.74 Å². The number of nitrogens with one attached hydrogen (secondary N) is 1. The zero-order valence-electron chi connectivity index (χ0n) is 11.5. The third-order valence-electron chi connectivity index (χ3n) is 4.44. The molecule has 1 aliphatic heterocycles. The molecule has 3 nitrogen and oxygen atoms in total. The van der Waals surface area contributed by atoms with Gasteiger partial charge in [0.25, 0.3) is 0 Å². The molecule has 0 unspecified atom stereocenters. The number of hydrogen-bond donors (Lipinski definition) is 1. The summed E-state index contributed by atoms with van der Waals surface area (Å²) in [5.74, 6) is 0.697. The fourth-order valence-electron chi connectivity index (χ4n) is 3.24. The van der Waals surface area contributed by atoms with Crippen LogP contribution in [-0.4, -0.2) is 24.2 Å². The van der Waals surface area contributed by atoms with E-state index in [4.69, 9.17) is 4.74 Å². The first-order valence-corrected chi connectivity index (χ1v) is 6.78. The molecule has 0 radical (unpaired) electrons. The smallest absolute Gasteiger partial charge is 0.326 e. The summed E-state index contributed by atoms with van der Waals surface area (Å²) in [6, 6.07) is 0.291. The van der Waals surface area contributed by atoms with Crippen LogP contribution in [0.15, 0.2) is 0 Å². The number of hydrogen-bond acceptors (Lipinski definition) is 3. The first-order chi connectivity index (χ1) is 7.83. The van der Waals surface area contributed by atoms with Crippen molar-refractivity contribution in [3.63, 3.8) is 0 Å². The molecule has 98 valence electrons. The van der Waals surface area contributed by atoms with Crippen LogP contribution in [0.5, 0.6) is 0 Å². The van der Waals surface area contributed by atoms with Gasteiger partial charge in [0, 0.05) is 6.04 Å². The van der Waals surface area contributed by atoms with Gasteiger partial charge in [-0.15, -0.1) is 0 Å². The Morgan fingerprint density at radius 3 is 2.41 bits per heavy atom. The fraction of sp³-hybridized carbons (Fsp3) is 0.929. The average Bonchev–Trinajstić information content (AvgIpc) is 2.23. The van der Waals surface area contributed by atoms with E-state index in [-0.39, 0.29) is 11.5 Å². The summed E-state index contributed by atoms with van der Waals surface area (Å²) in [5.41, 5.74) is -0.0226. The van der Waals surface area contributed by atoms with Crippen LogP contribution < -0.4 is 5.32 Å². The molecular formula is C14H25NO2. The molecule has 3 heteroatoms. The van der Waals surface area contributed by atoms with Crippen molar-refractivity contribution in [1.29, 1.82) is 0 Å². The number of ether oxygens (including phenoxy) is 1. The molecule has 0 bridgehead atoms. The van der Waals surface area contributed by atoms with Gasteiger partial charge in [0.15, 0.2) is 0 Å². The average molecular weight is 239 g/mol. The zero-order chi connectivity index (χ0) is 12.7. The van der Waals surface area contributed by atoms with Crippen LogP contribution >= 0.6 is 0 Å². The Labute approximate surface area is 104 Å². The maximum Gasteiger partial charge on any atom is 0.326 e. The lowest BCUT2D eigenvalue weighted by atomic mass is 9.67. The minimum Gasteiger partial charge on any atom is -0.463 e. The highest BCUT2D eigenvalue weighted by atomic mass is 16.5. The Morgan fingerprint density at radius 1 is 1.29 bits per heavy atom. The quantitative estimate of drug-likeness (QED) is 0.660. The van der Waals surface area contributed by atoms with Crippen LogP contribution in [0.1, 0.15) is 53.4 Å². The standard InChI is InChI=1S/C14H25NO2/c1-10-9-17-12(16)14(15-10)7-5-11(6-8-14)13(2,3)4/h10-11,15H,5-9H2,1-4H3/t10-,11?,14?/m0/s1. The number of morpholine rings is 1.